The second kappa shape index (κ2) is 5.25. The molecule has 2 rings (SSSR count). The lowest BCUT2D eigenvalue weighted by Gasteiger charge is -2.09. The Morgan fingerprint density at radius 2 is 2.21 bits per heavy atom. The molecule has 1 heterocycles. The summed E-state index contributed by atoms with van der Waals surface area (Å²) in [6.07, 6.45) is 2.88. The van der Waals surface area contributed by atoms with Crippen molar-refractivity contribution in [1.29, 1.82) is 5.26 Å². The summed E-state index contributed by atoms with van der Waals surface area (Å²) < 4.78 is 0. The van der Waals surface area contributed by atoms with Crippen molar-refractivity contribution in [2.24, 2.45) is 5.84 Å². The number of hydrogen-bond acceptors (Lipinski definition) is 5. The Balaban J connectivity index is 2.43. The molecule has 0 spiro atoms. The molecular weight excluding hydrogens is 242 g/mol. The first-order valence-electron chi connectivity index (χ1n) is 5.47. The smallest absolute Gasteiger partial charge is 0.278 e. The standard InChI is InChI=1S/C13H11N5O/c1-18(15)13(19)12-8-16-7-11(17-12)10-4-2-3-9(5-10)6-14/h2-5,7-8H,15H2,1H3. The molecule has 6 nitrogen and oxygen atoms in total. The van der Waals surface area contributed by atoms with Gasteiger partial charge in [-0.3, -0.25) is 14.8 Å². The second-order valence-electron chi connectivity index (χ2n) is 3.90. The Hall–Kier alpha value is -2.78. The molecule has 0 unspecified atom stereocenters. The van der Waals surface area contributed by atoms with Crippen molar-refractivity contribution in [1.82, 2.24) is 15.0 Å². The first kappa shape index (κ1) is 12.7. The van der Waals surface area contributed by atoms with E-state index in [1.165, 1.54) is 19.4 Å². The summed E-state index contributed by atoms with van der Waals surface area (Å²) in [5.41, 5.74) is 1.92. The summed E-state index contributed by atoms with van der Waals surface area (Å²) in [6, 6.07) is 8.97. The summed E-state index contributed by atoms with van der Waals surface area (Å²) in [4.78, 5) is 19.9. The van der Waals surface area contributed by atoms with Crippen LogP contribution in [0.25, 0.3) is 11.3 Å². The summed E-state index contributed by atoms with van der Waals surface area (Å²) >= 11 is 0. The highest BCUT2D eigenvalue weighted by Crippen LogP contribution is 2.17. The van der Waals surface area contributed by atoms with Crippen LogP contribution in [-0.4, -0.2) is 27.9 Å². The molecule has 0 radical (unpaired) electrons. The third-order valence-electron chi connectivity index (χ3n) is 2.46. The quantitative estimate of drug-likeness (QED) is 0.488. The highest BCUT2D eigenvalue weighted by atomic mass is 16.2. The molecule has 19 heavy (non-hydrogen) atoms. The van der Waals surface area contributed by atoms with Crippen LogP contribution in [-0.2, 0) is 0 Å². The number of benzene rings is 1. The van der Waals surface area contributed by atoms with Gasteiger partial charge in [0.15, 0.2) is 0 Å². The molecule has 0 bridgehead atoms. The molecule has 0 saturated carbocycles. The number of amides is 1. The number of hydrazine groups is 1. The minimum atomic E-state index is -0.425. The van der Waals surface area contributed by atoms with Crippen LogP contribution in [0, 0.1) is 11.3 Å². The van der Waals surface area contributed by atoms with Crippen LogP contribution >= 0.6 is 0 Å². The molecule has 0 atom stereocenters. The Labute approximate surface area is 110 Å². The highest BCUT2D eigenvalue weighted by Gasteiger charge is 2.12. The van der Waals surface area contributed by atoms with E-state index < -0.39 is 5.91 Å². The molecule has 1 amide bonds. The van der Waals surface area contributed by atoms with Gasteiger partial charge in [0.05, 0.1) is 29.7 Å². The number of carbonyl (C=O) groups is 1. The Morgan fingerprint density at radius 3 is 2.89 bits per heavy atom. The second-order valence-corrected chi connectivity index (χ2v) is 3.90. The van der Waals surface area contributed by atoms with E-state index in [1.54, 1.807) is 24.3 Å². The Morgan fingerprint density at radius 1 is 1.42 bits per heavy atom. The number of hydrogen-bond donors (Lipinski definition) is 1. The van der Waals surface area contributed by atoms with Gasteiger partial charge < -0.3 is 0 Å². The predicted molar refractivity (Wildman–Crippen MR) is 68.5 cm³/mol. The number of carbonyl (C=O) groups excluding carboxylic acids is 1. The van der Waals surface area contributed by atoms with Gasteiger partial charge >= 0.3 is 0 Å². The molecule has 0 fully saturated rings. The maximum Gasteiger partial charge on any atom is 0.287 e. The van der Waals surface area contributed by atoms with Crippen LogP contribution in [0.3, 0.4) is 0 Å². The molecule has 1 aromatic heterocycles. The molecule has 6 heteroatoms. The average Bonchev–Trinajstić information content (AvgIpc) is 2.46. The molecular formula is C13H11N5O. The molecule has 1 aromatic carbocycles. The molecule has 0 saturated heterocycles. The van der Waals surface area contributed by atoms with E-state index >= 15 is 0 Å². The number of rotatable bonds is 2. The molecule has 0 aliphatic carbocycles. The lowest BCUT2D eigenvalue weighted by Crippen LogP contribution is -2.33. The molecule has 94 valence electrons. The van der Waals surface area contributed by atoms with Crippen LogP contribution in [0.15, 0.2) is 36.7 Å². The summed E-state index contributed by atoms with van der Waals surface area (Å²) in [6.45, 7) is 0. The SMILES string of the molecule is CN(N)C(=O)c1cncc(-c2cccc(C#N)c2)n1. The number of aromatic nitrogens is 2. The first-order chi connectivity index (χ1) is 9.11. The van der Waals surface area contributed by atoms with Gasteiger partial charge in [-0.25, -0.2) is 10.8 Å². The third kappa shape index (κ3) is 2.73. The Bertz CT molecular complexity index is 660. The van der Waals surface area contributed by atoms with Gasteiger partial charge in [0.1, 0.15) is 5.69 Å². The summed E-state index contributed by atoms with van der Waals surface area (Å²) in [5, 5.41) is 9.81. The average molecular weight is 253 g/mol. The van der Waals surface area contributed by atoms with Crippen LogP contribution in [0.5, 0.6) is 0 Å². The minimum absolute atomic E-state index is 0.157. The van der Waals surface area contributed by atoms with E-state index in [0.29, 0.717) is 11.3 Å². The fourth-order valence-electron chi connectivity index (χ4n) is 1.54. The zero-order chi connectivity index (χ0) is 13.8. The fourth-order valence-corrected chi connectivity index (χ4v) is 1.54. The van der Waals surface area contributed by atoms with Gasteiger partial charge in [0.2, 0.25) is 0 Å². The van der Waals surface area contributed by atoms with Gasteiger partial charge in [-0.2, -0.15) is 5.26 Å². The van der Waals surface area contributed by atoms with E-state index in [-0.39, 0.29) is 5.69 Å². The molecule has 0 aliphatic heterocycles. The normalized spacial score (nSPS) is 9.74. The van der Waals surface area contributed by atoms with E-state index in [2.05, 4.69) is 9.97 Å². The van der Waals surface area contributed by atoms with Crippen molar-refractivity contribution in [3.63, 3.8) is 0 Å². The maximum atomic E-state index is 11.7. The van der Waals surface area contributed by atoms with Gasteiger partial charge in [0.25, 0.3) is 5.91 Å². The predicted octanol–water partition coefficient (Wildman–Crippen LogP) is 0.961. The van der Waals surface area contributed by atoms with E-state index in [9.17, 15) is 4.79 Å². The molecule has 2 N–H and O–H groups in total. The van der Waals surface area contributed by atoms with Crippen LogP contribution in [0.1, 0.15) is 16.1 Å². The van der Waals surface area contributed by atoms with Gasteiger partial charge in [0, 0.05) is 12.6 Å². The van der Waals surface area contributed by atoms with Crippen molar-refractivity contribution in [3.05, 3.63) is 47.9 Å². The van der Waals surface area contributed by atoms with Crippen molar-refractivity contribution in [2.45, 2.75) is 0 Å². The zero-order valence-electron chi connectivity index (χ0n) is 10.2. The minimum Gasteiger partial charge on any atom is -0.278 e. The lowest BCUT2D eigenvalue weighted by molar-refractivity contribution is 0.0789. The number of nitriles is 1. The number of nitrogens with two attached hydrogens (primary N) is 1. The largest absolute Gasteiger partial charge is 0.287 e. The summed E-state index contributed by atoms with van der Waals surface area (Å²) in [5.74, 6) is 4.95. The zero-order valence-corrected chi connectivity index (χ0v) is 10.2. The monoisotopic (exact) mass is 253 g/mol. The molecule has 2 aromatic rings. The van der Waals surface area contributed by atoms with Crippen LogP contribution in [0.2, 0.25) is 0 Å². The Kier molecular flexibility index (Phi) is 3.50. The van der Waals surface area contributed by atoms with Crippen molar-refractivity contribution >= 4 is 5.91 Å². The van der Waals surface area contributed by atoms with Gasteiger partial charge in [-0.05, 0) is 12.1 Å². The van der Waals surface area contributed by atoms with Crippen molar-refractivity contribution < 1.29 is 4.79 Å². The number of nitrogens with zero attached hydrogens (tertiary/aromatic N) is 4. The van der Waals surface area contributed by atoms with Crippen molar-refractivity contribution in [2.75, 3.05) is 7.05 Å². The van der Waals surface area contributed by atoms with Crippen LogP contribution < -0.4 is 5.84 Å². The third-order valence-corrected chi connectivity index (χ3v) is 2.46. The van der Waals surface area contributed by atoms with Gasteiger partial charge in [-0.1, -0.05) is 12.1 Å². The van der Waals surface area contributed by atoms with Crippen LogP contribution in [0.4, 0.5) is 0 Å². The van der Waals surface area contributed by atoms with E-state index in [4.69, 9.17) is 11.1 Å². The highest BCUT2D eigenvalue weighted by molar-refractivity contribution is 5.91. The first-order valence-corrected chi connectivity index (χ1v) is 5.47. The lowest BCUT2D eigenvalue weighted by atomic mass is 10.1. The van der Waals surface area contributed by atoms with E-state index in [1.807, 2.05) is 6.07 Å². The van der Waals surface area contributed by atoms with Crippen molar-refractivity contribution in [3.8, 4) is 17.3 Å². The topological polar surface area (TPSA) is 95.9 Å². The maximum absolute atomic E-state index is 11.7. The molecule has 0 aliphatic rings. The summed E-state index contributed by atoms with van der Waals surface area (Å²) in [7, 11) is 1.44. The van der Waals surface area contributed by atoms with E-state index in [0.717, 1.165) is 10.6 Å². The fraction of sp³-hybridized carbons (Fsp3) is 0.0769. The van der Waals surface area contributed by atoms with Gasteiger partial charge in [-0.15, -0.1) is 0 Å².